The van der Waals surface area contributed by atoms with Gasteiger partial charge in [-0.25, -0.2) is 4.98 Å². The molecule has 0 atom stereocenters. The number of pyridine rings is 1. The third kappa shape index (κ3) is 2.87. The minimum absolute atomic E-state index is 0.879. The fourth-order valence-corrected chi connectivity index (χ4v) is 3.11. The van der Waals surface area contributed by atoms with Crippen molar-refractivity contribution >= 4 is 16.6 Å². The van der Waals surface area contributed by atoms with Crippen LogP contribution in [0, 0.1) is 5.92 Å². The van der Waals surface area contributed by atoms with Gasteiger partial charge in [-0.2, -0.15) is 0 Å². The molecule has 2 aromatic rings. The molecule has 1 heterocycles. The van der Waals surface area contributed by atoms with E-state index in [1.54, 1.807) is 7.11 Å². The Hall–Kier alpha value is -1.77. The van der Waals surface area contributed by atoms with Gasteiger partial charge in [0, 0.05) is 18.1 Å². The van der Waals surface area contributed by atoms with Gasteiger partial charge in [-0.1, -0.05) is 31.7 Å². The van der Waals surface area contributed by atoms with E-state index in [9.17, 15) is 0 Å². The number of aromatic nitrogens is 1. The number of hydrogen-bond acceptors (Lipinski definition) is 3. The SMILES string of the molecule is COc1ccc2ccnc(NCCC3CCCC3)c2c1. The molecular formula is C17H22N2O. The smallest absolute Gasteiger partial charge is 0.133 e. The van der Waals surface area contributed by atoms with Crippen LogP contribution in [-0.4, -0.2) is 18.6 Å². The van der Waals surface area contributed by atoms with Crippen LogP contribution in [-0.2, 0) is 0 Å². The molecule has 1 aliphatic carbocycles. The Morgan fingerprint density at radius 2 is 2.10 bits per heavy atom. The Kier molecular flexibility index (Phi) is 4.05. The van der Waals surface area contributed by atoms with Crippen LogP contribution in [0.4, 0.5) is 5.82 Å². The van der Waals surface area contributed by atoms with Crippen LogP contribution in [0.15, 0.2) is 30.5 Å². The topological polar surface area (TPSA) is 34.1 Å². The summed E-state index contributed by atoms with van der Waals surface area (Å²) in [4.78, 5) is 4.48. The van der Waals surface area contributed by atoms with Gasteiger partial charge in [0.25, 0.3) is 0 Å². The maximum absolute atomic E-state index is 5.31. The molecule has 0 unspecified atom stereocenters. The summed E-state index contributed by atoms with van der Waals surface area (Å²) in [5.41, 5.74) is 0. The molecule has 0 saturated heterocycles. The maximum Gasteiger partial charge on any atom is 0.133 e. The predicted molar refractivity (Wildman–Crippen MR) is 83.4 cm³/mol. The van der Waals surface area contributed by atoms with E-state index in [-0.39, 0.29) is 0 Å². The summed E-state index contributed by atoms with van der Waals surface area (Å²) in [5, 5.41) is 5.83. The Morgan fingerprint density at radius 1 is 1.25 bits per heavy atom. The molecule has 1 saturated carbocycles. The molecule has 0 radical (unpaired) electrons. The van der Waals surface area contributed by atoms with Crippen molar-refractivity contribution < 1.29 is 4.74 Å². The summed E-state index contributed by atoms with van der Waals surface area (Å²) in [6.45, 7) is 1.01. The van der Waals surface area contributed by atoms with Crippen molar-refractivity contribution in [2.24, 2.45) is 5.92 Å². The molecule has 1 aromatic carbocycles. The summed E-state index contributed by atoms with van der Waals surface area (Å²) >= 11 is 0. The maximum atomic E-state index is 5.31. The Balaban J connectivity index is 1.72. The quantitative estimate of drug-likeness (QED) is 0.882. The van der Waals surface area contributed by atoms with Crippen LogP contribution < -0.4 is 10.1 Å². The summed E-state index contributed by atoms with van der Waals surface area (Å²) < 4.78 is 5.31. The number of benzene rings is 1. The van der Waals surface area contributed by atoms with Crippen molar-refractivity contribution in [3.63, 3.8) is 0 Å². The Morgan fingerprint density at radius 3 is 2.90 bits per heavy atom. The molecule has 106 valence electrons. The molecule has 20 heavy (non-hydrogen) atoms. The van der Waals surface area contributed by atoms with Crippen molar-refractivity contribution in [1.82, 2.24) is 4.98 Å². The number of nitrogens with one attached hydrogen (secondary N) is 1. The lowest BCUT2D eigenvalue weighted by Gasteiger charge is -2.12. The highest BCUT2D eigenvalue weighted by Crippen LogP contribution is 2.28. The zero-order valence-electron chi connectivity index (χ0n) is 12.1. The number of fused-ring (bicyclic) bond motifs is 1. The lowest BCUT2D eigenvalue weighted by atomic mass is 10.0. The summed E-state index contributed by atoms with van der Waals surface area (Å²) in [5.74, 6) is 2.76. The van der Waals surface area contributed by atoms with Gasteiger partial charge in [-0.05, 0) is 35.9 Å². The fraction of sp³-hybridized carbons (Fsp3) is 0.471. The van der Waals surface area contributed by atoms with E-state index in [0.29, 0.717) is 0 Å². The Bertz CT molecular complexity index is 576. The van der Waals surface area contributed by atoms with Crippen LogP contribution in [0.2, 0.25) is 0 Å². The third-order valence-corrected chi connectivity index (χ3v) is 4.29. The zero-order chi connectivity index (χ0) is 13.8. The first-order valence-corrected chi connectivity index (χ1v) is 7.53. The van der Waals surface area contributed by atoms with Crippen LogP contribution in [0.1, 0.15) is 32.1 Å². The van der Waals surface area contributed by atoms with Gasteiger partial charge in [-0.15, -0.1) is 0 Å². The molecule has 0 aliphatic heterocycles. The van der Waals surface area contributed by atoms with Crippen molar-refractivity contribution in [3.05, 3.63) is 30.5 Å². The predicted octanol–water partition coefficient (Wildman–Crippen LogP) is 4.24. The number of anilines is 1. The molecule has 3 rings (SSSR count). The highest BCUT2D eigenvalue weighted by Gasteiger charge is 2.14. The monoisotopic (exact) mass is 270 g/mol. The van der Waals surface area contributed by atoms with E-state index in [1.165, 1.54) is 37.5 Å². The van der Waals surface area contributed by atoms with Crippen molar-refractivity contribution in [3.8, 4) is 5.75 Å². The van der Waals surface area contributed by atoms with E-state index in [1.807, 2.05) is 18.3 Å². The van der Waals surface area contributed by atoms with E-state index in [2.05, 4.69) is 22.4 Å². The van der Waals surface area contributed by atoms with Gasteiger partial charge >= 0.3 is 0 Å². The van der Waals surface area contributed by atoms with E-state index >= 15 is 0 Å². The largest absolute Gasteiger partial charge is 0.497 e. The average Bonchev–Trinajstić information content (AvgIpc) is 3.00. The zero-order valence-corrected chi connectivity index (χ0v) is 12.1. The first kappa shape index (κ1) is 13.2. The lowest BCUT2D eigenvalue weighted by molar-refractivity contribution is 0.415. The third-order valence-electron chi connectivity index (χ3n) is 4.29. The van der Waals surface area contributed by atoms with Crippen molar-refractivity contribution in [1.29, 1.82) is 0 Å². The van der Waals surface area contributed by atoms with Crippen molar-refractivity contribution in [2.75, 3.05) is 19.0 Å². The second kappa shape index (κ2) is 6.12. The van der Waals surface area contributed by atoms with E-state index < -0.39 is 0 Å². The molecular weight excluding hydrogens is 248 g/mol. The normalized spacial score (nSPS) is 15.7. The fourth-order valence-electron chi connectivity index (χ4n) is 3.11. The van der Waals surface area contributed by atoms with Crippen LogP contribution in [0.3, 0.4) is 0 Å². The summed E-state index contributed by atoms with van der Waals surface area (Å²) in [6.07, 6.45) is 8.74. The van der Waals surface area contributed by atoms with Crippen LogP contribution >= 0.6 is 0 Å². The van der Waals surface area contributed by atoms with Gasteiger partial charge in [0.05, 0.1) is 7.11 Å². The molecule has 0 spiro atoms. The van der Waals surface area contributed by atoms with Gasteiger partial charge in [-0.3, -0.25) is 0 Å². The summed E-state index contributed by atoms with van der Waals surface area (Å²) in [7, 11) is 1.70. The van der Waals surface area contributed by atoms with E-state index in [4.69, 9.17) is 4.74 Å². The standard InChI is InChI=1S/C17H22N2O/c1-20-15-7-6-14-9-11-19-17(16(14)12-15)18-10-8-13-4-2-3-5-13/h6-7,9,11-13H,2-5,8,10H2,1H3,(H,18,19). The molecule has 3 nitrogen and oxygen atoms in total. The van der Waals surface area contributed by atoms with Crippen LogP contribution in [0.25, 0.3) is 10.8 Å². The highest BCUT2D eigenvalue weighted by atomic mass is 16.5. The van der Waals surface area contributed by atoms with Gasteiger partial charge in [0.15, 0.2) is 0 Å². The second-order valence-electron chi connectivity index (χ2n) is 5.61. The number of ether oxygens (including phenoxy) is 1. The Labute approximate surface area is 120 Å². The average molecular weight is 270 g/mol. The molecule has 1 N–H and O–H groups in total. The number of rotatable bonds is 5. The lowest BCUT2D eigenvalue weighted by Crippen LogP contribution is -2.08. The first-order valence-electron chi connectivity index (χ1n) is 7.53. The molecule has 1 fully saturated rings. The molecule has 3 heteroatoms. The molecule has 1 aliphatic rings. The minimum Gasteiger partial charge on any atom is -0.497 e. The first-order chi connectivity index (χ1) is 9.86. The summed E-state index contributed by atoms with van der Waals surface area (Å²) in [6, 6.07) is 8.17. The van der Waals surface area contributed by atoms with Gasteiger partial charge in [0.1, 0.15) is 11.6 Å². The second-order valence-corrected chi connectivity index (χ2v) is 5.61. The van der Waals surface area contributed by atoms with Crippen molar-refractivity contribution in [2.45, 2.75) is 32.1 Å². The highest BCUT2D eigenvalue weighted by molar-refractivity contribution is 5.92. The van der Waals surface area contributed by atoms with Gasteiger partial charge in [0.2, 0.25) is 0 Å². The molecule has 0 bridgehead atoms. The van der Waals surface area contributed by atoms with Crippen LogP contribution in [0.5, 0.6) is 5.75 Å². The minimum atomic E-state index is 0.879. The number of hydrogen-bond donors (Lipinski definition) is 1. The number of nitrogens with zero attached hydrogens (tertiary/aromatic N) is 1. The number of methoxy groups -OCH3 is 1. The van der Waals surface area contributed by atoms with E-state index in [0.717, 1.165) is 29.4 Å². The molecule has 1 aromatic heterocycles. The van der Waals surface area contributed by atoms with Gasteiger partial charge < -0.3 is 10.1 Å². The molecule has 0 amide bonds.